The lowest BCUT2D eigenvalue weighted by atomic mass is 10.4. The van der Waals surface area contributed by atoms with E-state index in [2.05, 4.69) is 11.9 Å². The van der Waals surface area contributed by atoms with Crippen LogP contribution >= 0.6 is 11.3 Å². The molecule has 0 unspecified atom stereocenters. The standard InChI is InChI=1S/C11H18N2O2S/c1-4-10-12-9(8-16-10)6-13(3)7-11(14)15-5-2/h8H,4-7H2,1-3H3. The topological polar surface area (TPSA) is 42.4 Å². The van der Waals surface area contributed by atoms with Crippen LogP contribution in [0.25, 0.3) is 0 Å². The quantitative estimate of drug-likeness (QED) is 0.712. The maximum Gasteiger partial charge on any atom is 0.320 e. The predicted molar refractivity (Wildman–Crippen MR) is 64.5 cm³/mol. The number of ether oxygens (including phenoxy) is 1. The largest absolute Gasteiger partial charge is 0.465 e. The van der Waals surface area contributed by atoms with Gasteiger partial charge in [0.2, 0.25) is 0 Å². The summed E-state index contributed by atoms with van der Waals surface area (Å²) in [6, 6.07) is 0. The number of carbonyl (C=O) groups is 1. The summed E-state index contributed by atoms with van der Waals surface area (Å²) in [4.78, 5) is 17.6. The van der Waals surface area contributed by atoms with Gasteiger partial charge in [-0.15, -0.1) is 11.3 Å². The van der Waals surface area contributed by atoms with E-state index in [1.54, 1.807) is 11.3 Å². The van der Waals surface area contributed by atoms with Gasteiger partial charge in [-0.1, -0.05) is 6.92 Å². The fourth-order valence-electron chi connectivity index (χ4n) is 1.34. The second-order valence-electron chi connectivity index (χ2n) is 3.56. The second kappa shape index (κ2) is 6.60. The van der Waals surface area contributed by atoms with Crippen LogP contribution in [0.5, 0.6) is 0 Å². The fraction of sp³-hybridized carbons (Fsp3) is 0.636. The summed E-state index contributed by atoms with van der Waals surface area (Å²) >= 11 is 1.67. The number of carbonyl (C=O) groups excluding carboxylic acids is 1. The molecular formula is C11H18N2O2S. The summed E-state index contributed by atoms with van der Waals surface area (Å²) in [6.45, 7) is 5.34. The van der Waals surface area contributed by atoms with Crippen LogP contribution in [0, 0.1) is 0 Å². The van der Waals surface area contributed by atoms with E-state index in [1.807, 2.05) is 24.3 Å². The Kier molecular flexibility index (Phi) is 5.42. The van der Waals surface area contributed by atoms with Crippen LogP contribution in [0.2, 0.25) is 0 Å². The Morgan fingerprint density at radius 1 is 1.56 bits per heavy atom. The molecule has 1 rings (SSSR count). The highest BCUT2D eigenvalue weighted by Crippen LogP contribution is 2.11. The molecule has 0 saturated carbocycles. The summed E-state index contributed by atoms with van der Waals surface area (Å²) in [7, 11) is 1.89. The van der Waals surface area contributed by atoms with Crippen molar-refractivity contribution in [2.75, 3.05) is 20.2 Å². The molecule has 0 aliphatic heterocycles. The van der Waals surface area contributed by atoms with Crippen molar-refractivity contribution in [3.05, 3.63) is 16.1 Å². The molecule has 0 amide bonds. The van der Waals surface area contributed by atoms with Crippen LogP contribution in [0.3, 0.4) is 0 Å². The van der Waals surface area contributed by atoms with E-state index < -0.39 is 0 Å². The zero-order valence-electron chi connectivity index (χ0n) is 10.0. The molecule has 0 aliphatic rings. The monoisotopic (exact) mass is 242 g/mol. The first kappa shape index (κ1) is 13.1. The molecule has 0 saturated heterocycles. The molecule has 0 spiro atoms. The smallest absolute Gasteiger partial charge is 0.320 e. The Morgan fingerprint density at radius 2 is 2.31 bits per heavy atom. The number of rotatable bonds is 6. The summed E-state index contributed by atoms with van der Waals surface area (Å²) in [5.41, 5.74) is 1.02. The van der Waals surface area contributed by atoms with Crippen LogP contribution in [0.1, 0.15) is 24.5 Å². The first-order chi connectivity index (χ1) is 7.65. The summed E-state index contributed by atoms with van der Waals surface area (Å²) in [5, 5.41) is 3.18. The molecule has 1 aromatic rings. The Balaban J connectivity index is 2.38. The Bertz CT molecular complexity index is 338. The maximum atomic E-state index is 11.2. The van der Waals surface area contributed by atoms with E-state index in [0.29, 0.717) is 19.7 Å². The molecule has 90 valence electrons. The van der Waals surface area contributed by atoms with E-state index in [0.717, 1.165) is 17.1 Å². The first-order valence-electron chi connectivity index (χ1n) is 5.43. The highest BCUT2D eigenvalue weighted by molar-refractivity contribution is 7.09. The normalized spacial score (nSPS) is 10.8. The van der Waals surface area contributed by atoms with Gasteiger partial charge in [-0.05, 0) is 20.4 Å². The summed E-state index contributed by atoms with van der Waals surface area (Å²) in [6.07, 6.45) is 0.965. The zero-order valence-corrected chi connectivity index (χ0v) is 10.8. The van der Waals surface area contributed by atoms with E-state index in [1.165, 1.54) is 0 Å². The number of aryl methyl sites for hydroxylation is 1. The van der Waals surface area contributed by atoms with E-state index >= 15 is 0 Å². The van der Waals surface area contributed by atoms with Crippen LogP contribution in [-0.4, -0.2) is 36.1 Å². The molecule has 16 heavy (non-hydrogen) atoms. The minimum atomic E-state index is -0.184. The molecule has 0 aliphatic carbocycles. The lowest BCUT2D eigenvalue weighted by Crippen LogP contribution is -2.27. The van der Waals surface area contributed by atoms with Crippen molar-refractivity contribution in [1.82, 2.24) is 9.88 Å². The Hall–Kier alpha value is -0.940. The van der Waals surface area contributed by atoms with Gasteiger partial charge in [0.15, 0.2) is 0 Å². The lowest BCUT2D eigenvalue weighted by Gasteiger charge is -2.13. The molecular weight excluding hydrogens is 224 g/mol. The molecule has 0 fully saturated rings. The van der Waals surface area contributed by atoms with Gasteiger partial charge in [-0.3, -0.25) is 9.69 Å². The third-order valence-electron chi connectivity index (χ3n) is 2.04. The van der Waals surface area contributed by atoms with Gasteiger partial charge >= 0.3 is 5.97 Å². The highest BCUT2D eigenvalue weighted by Gasteiger charge is 2.09. The number of likely N-dealkylation sites (N-methyl/N-ethyl adjacent to an activating group) is 1. The third-order valence-corrected chi connectivity index (χ3v) is 3.08. The number of aromatic nitrogens is 1. The van der Waals surface area contributed by atoms with E-state index in [4.69, 9.17) is 4.74 Å². The van der Waals surface area contributed by atoms with Gasteiger partial charge in [0.1, 0.15) is 0 Å². The minimum absolute atomic E-state index is 0.184. The van der Waals surface area contributed by atoms with Gasteiger partial charge in [0.25, 0.3) is 0 Å². The SMILES string of the molecule is CCOC(=O)CN(C)Cc1csc(CC)n1. The van der Waals surface area contributed by atoms with Crippen molar-refractivity contribution in [3.63, 3.8) is 0 Å². The van der Waals surface area contributed by atoms with Crippen molar-refractivity contribution in [2.45, 2.75) is 26.8 Å². The van der Waals surface area contributed by atoms with Crippen molar-refractivity contribution < 1.29 is 9.53 Å². The van der Waals surface area contributed by atoms with Crippen LogP contribution in [-0.2, 0) is 22.5 Å². The third kappa shape index (κ3) is 4.28. The van der Waals surface area contributed by atoms with Crippen molar-refractivity contribution in [1.29, 1.82) is 0 Å². The first-order valence-corrected chi connectivity index (χ1v) is 6.31. The molecule has 0 bridgehead atoms. The molecule has 0 N–H and O–H groups in total. The van der Waals surface area contributed by atoms with Crippen molar-refractivity contribution in [2.24, 2.45) is 0 Å². The zero-order chi connectivity index (χ0) is 12.0. The average molecular weight is 242 g/mol. The Labute approximate surface area is 100 Å². The average Bonchev–Trinajstić information content (AvgIpc) is 2.65. The van der Waals surface area contributed by atoms with Gasteiger partial charge in [-0.25, -0.2) is 4.98 Å². The minimum Gasteiger partial charge on any atom is -0.465 e. The van der Waals surface area contributed by atoms with Crippen LogP contribution in [0.4, 0.5) is 0 Å². The number of thiazole rings is 1. The molecule has 0 atom stereocenters. The molecule has 5 heteroatoms. The van der Waals surface area contributed by atoms with Crippen molar-refractivity contribution in [3.8, 4) is 0 Å². The predicted octanol–water partition coefficient (Wildman–Crippen LogP) is 1.70. The summed E-state index contributed by atoms with van der Waals surface area (Å²) < 4.78 is 4.88. The molecule has 0 radical (unpaired) electrons. The molecule has 1 heterocycles. The number of esters is 1. The molecule has 0 aromatic carbocycles. The second-order valence-corrected chi connectivity index (χ2v) is 4.51. The van der Waals surface area contributed by atoms with E-state index in [-0.39, 0.29) is 5.97 Å². The number of nitrogens with zero attached hydrogens (tertiary/aromatic N) is 2. The molecule has 4 nitrogen and oxygen atoms in total. The van der Waals surface area contributed by atoms with E-state index in [9.17, 15) is 4.79 Å². The molecule has 1 aromatic heterocycles. The lowest BCUT2D eigenvalue weighted by molar-refractivity contribution is -0.144. The highest BCUT2D eigenvalue weighted by atomic mass is 32.1. The van der Waals surface area contributed by atoms with Gasteiger partial charge in [0.05, 0.1) is 23.9 Å². The fourth-order valence-corrected chi connectivity index (χ4v) is 2.08. The van der Waals surface area contributed by atoms with Gasteiger partial charge < -0.3 is 4.74 Å². The van der Waals surface area contributed by atoms with Gasteiger partial charge in [0, 0.05) is 11.9 Å². The van der Waals surface area contributed by atoms with Crippen LogP contribution in [0.15, 0.2) is 5.38 Å². The summed E-state index contributed by atoms with van der Waals surface area (Å²) in [5.74, 6) is -0.184. The number of hydrogen-bond acceptors (Lipinski definition) is 5. The maximum absolute atomic E-state index is 11.2. The van der Waals surface area contributed by atoms with Gasteiger partial charge in [-0.2, -0.15) is 0 Å². The van der Waals surface area contributed by atoms with Crippen LogP contribution < -0.4 is 0 Å². The Morgan fingerprint density at radius 3 is 2.88 bits per heavy atom. The van der Waals surface area contributed by atoms with Crippen molar-refractivity contribution >= 4 is 17.3 Å². The number of hydrogen-bond donors (Lipinski definition) is 0.